The Labute approximate surface area is 59.7 Å². The van der Waals surface area contributed by atoms with Gasteiger partial charge in [0.25, 0.3) is 0 Å². The Bertz CT molecular complexity index is 126. The Morgan fingerprint density at radius 3 is 2.30 bits per heavy atom. The van der Waals surface area contributed by atoms with Gasteiger partial charge in [0.05, 0.1) is 5.41 Å². The first-order valence-corrected chi connectivity index (χ1v) is 3.11. The average Bonchev–Trinajstić information content (AvgIpc) is 1.88. The molecule has 0 aromatic rings. The molecule has 0 saturated heterocycles. The van der Waals surface area contributed by atoms with Crippen molar-refractivity contribution in [2.24, 2.45) is 11.1 Å². The monoisotopic (exact) mass is 147 g/mol. The molecule has 0 aromatic carbocycles. The molecular weight excluding hydrogens is 134 g/mol. The standard InChI is InChI=1S/C6H13NO3/c1-6(4-7,2-3-8)5(9)10/h8H,2-4,7H2,1H3,(H,9,10). The highest BCUT2D eigenvalue weighted by Gasteiger charge is 2.30. The van der Waals surface area contributed by atoms with E-state index < -0.39 is 11.4 Å². The second-order valence-corrected chi connectivity index (χ2v) is 2.54. The minimum atomic E-state index is -0.964. The highest BCUT2D eigenvalue weighted by atomic mass is 16.4. The first-order chi connectivity index (χ1) is 4.56. The molecule has 0 fully saturated rings. The lowest BCUT2D eigenvalue weighted by Gasteiger charge is -2.20. The molecule has 0 aliphatic heterocycles. The highest BCUT2D eigenvalue weighted by Crippen LogP contribution is 2.18. The topological polar surface area (TPSA) is 83.5 Å². The average molecular weight is 147 g/mol. The zero-order chi connectivity index (χ0) is 8.20. The van der Waals surface area contributed by atoms with Crippen LogP contribution in [0.1, 0.15) is 13.3 Å². The molecule has 0 bridgehead atoms. The summed E-state index contributed by atoms with van der Waals surface area (Å²) in [7, 11) is 0. The van der Waals surface area contributed by atoms with Crippen LogP contribution in [-0.4, -0.2) is 29.3 Å². The van der Waals surface area contributed by atoms with Gasteiger partial charge in [-0.15, -0.1) is 0 Å². The summed E-state index contributed by atoms with van der Waals surface area (Å²) >= 11 is 0. The Kier molecular flexibility index (Phi) is 3.32. The van der Waals surface area contributed by atoms with E-state index in [0.717, 1.165) is 0 Å². The van der Waals surface area contributed by atoms with Crippen molar-refractivity contribution in [3.63, 3.8) is 0 Å². The van der Waals surface area contributed by atoms with E-state index in [2.05, 4.69) is 0 Å². The molecule has 0 saturated carbocycles. The van der Waals surface area contributed by atoms with Gasteiger partial charge in [0.15, 0.2) is 0 Å². The largest absolute Gasteiger partial charge is 0.481 e. The summed E-state index contributed by atoms with van der Waals surface area (Å²) in [5.74, 6) is -0.955. The van der Waals surface area contributed by atoms with Crippen molar-refractivity contribution in [1.82, 2.24) is 0 Å². The number of carboxylic acid groups (broad SMARTS) is 1. The van der Waals surface area contributed by atoms with Gasteiger partial charge >= 0.3 is 5.97 Å². The van der Waals surface area contributed by atoms with Crippen molar-refractivity contribution in [3.05, 3.63) is 0 Å². The Balaban J connectivity index is 4.08. The van der Waals surface area contributed by atoms with Crippen LogP contribution in [0.5, 0.6) is 0 Å². The normalized spacial score (nSPS) is 16.3. The maximum absolute atomic E-state index is 10.5. The van der Waals surface area contributed by atoms with E-state index in [-0.39, 0.29) is 19.6 Å². The number of aliphatic hydroxyl groups excluding tert-OH is 1. The molecule has 60 valence electrons. The van der Waals surface area contributed by atoms with Gasteiger partial charge < -0.3 is 15.9 Å². The van der Waals surface area contributed by atoms with E-state index in [1.165, 1.54) is 6.92 Å². The van der Waals surface area contributed by atoms with E-state index >= 15 is 0 Å². The Hall–Kier alpha value is -0.610. The van der Waals surface area contributed by atoms with E-state index in [1.807, 2.05) is 0 Å². The summed E-state index contributed by atoms with van der Waals surface area (Å²) in [6.07, 6.45) is 0.207. The van der Waals surface area contributed by atoms with Crippen LogP contribution < -0.4 is 5.73 Å². The number of carbonyl (C=O) groups is 1. The van der Waals surface area contributed by atoms with Gasteiger partial charge in [0.2, 0.25) is 0 Å². The van der Waals surface area contributed by atoms with Crippen LogP contribution in [0.25, 0.3) is 0 Å². The van der Waals surface area contributed by atoms with Crippen molar-refractivity contribution in [1.29, 1.82) is 0 Å². The predicted octanol–water partition coefficient (Wildman–Crippen LogP) is -0.582. The molecule has 1 atom stereocenters. The maximum atomic E-state index is 10.5. The quantitative estimate of drug-likeness (QED) is 0.496. The van der Waals surface area contributed by atoms with Crippen molar-refractivity contribution in [2.45, 2.75) is 13.3 Å². The lowest BCUT2D eigenvalue weighted by atomic mass is 9.88. The van der Waals surface area contributed by atoms with E-state index in [1.54, 1.807) is 0 Å². The summed E-state index contributed by atoms with van der Waals surface area (Å²) in [5.41, 5.74) is 4.24. The summed E-state index contributed by atoms with van der Waals surface area (Å²) < 4.78 is 0. The molecule has 1 unspecified atom stereocenters. The molecule has 0 radical (unpaired) electrons. The number of hydrogen-bond donors (Lipinski definition) is 3. The minimum Gasteiger partial charge on any atom is -0.481 e. The molecule has 0 aromatic heterocycles. The van der Waals surface area contributed by atoms with Crippen molar-refractivity contribution in [2.75, 3.05) is 13.2 Å². The van der Waals surface area contributed by atoms with Crippen LogP contribution >= 0.6 is 0 Å². The third kappa shape index (κ3) is 1.97. The summed E-state index contributed by atoms with van der Waals surface area (Å²) in [5, 5.41) is 17.0. The number of carboxylic acids is 1. The zero-order valence-electron chi connectivity index (χ0n) is 6.00. The van der Waals surface area contributed by atoms with Gasteiger partial charge in [0, 0.05) is 13.2 Å². The molecule has 0 spiro atoms. The fraction of sp³-hybridized carbons (Fsp3) is 0.833. The molecule has 10 heavy (non-hydrogen) atoms. The first-order valence-electron chi connectivity index (χ1n) is 3.11. The maximum Gasteiger partial charge on any atom is 0.310 e. The van der Waals surface area contributed by atoms with Gasteiger partial charge in [-0.3, -0.25) is 4.79 Å². The number of aliphatic hydroxyl groups is 1. The SMILES string of the molecule is CC(CN)(CCO)C(=O)O. The fourth-order valence-corrected chi connectivity index (χ4v) is 0.543. The van der Waals surface area contributed by atoms with Gasteiger partial charge in [-0.25, -0.2) is 0 Å². The molecule has 0 rings (SSSR count). The van der Waals surface area contributed by atoms with E-state index in [4.69, 9.17) is 15.9 Å². The van der Waals surface area contributed by atoms with Gasteiger partial charge in [-0.1, -0.05) is 0 Å². The zero-order valence-corrected chi connectivity index (χ0v) is 6.00. The number of hydrogen-bond acceptors (Lipinski definition) is 3. The van der Waals surface area contributed by atoms with Crippen LogP contribution in [0, 0.1) is 5.41 Å². The number of aliphatic carboxylic acids is 1. The summed E-state index contributed by atoms with van der Waals surface area (Å²) in [6.45, 7) is 1.44. The first kappa shape index (κ1) is 9.39. The fourth-order valence-electron chi connectivity index (χ4n) is 0.543. The molecule has 0 aliphatic carbocycles. The molecule has 0 amide bonds. The summed E-state index contributed by atoms with van der Waals surface area (Å²) in [6, 6.07) is 0. The van der Waals surface area contributed by atoms with E-state index in [9.17, 15) is 4.79 Å². The molecular formula is C6H13NO3. The third-order valence-corrected chi connectivity index (χ3v) is 1.63. The van der Waals surface area contributed by atoms with Gasteiger partial charge in [-0.2, -0.15) is 0 Å². The van der Waals surface area contributed by atoms with E-state index in [0.29, 0.717) is 0 Å². The van der Waals surface area contributed by atoms with Crippen LogP contribution in [0.3, 0.4) is 0 Å². The Morgan fingerprint density at radius 1 is 1.70 bits per heavy atom. The third-order valence-electron chi connectivity index (χ3n) is 1.63. The molecule has 4 heteroatoms. The number of nitrogens with two attached hydrogens (primary N) is 1. The molecule has 0 aliphatic rings. The molecule has 0 heterocycles. The second kappa shape index (κ2) is 3.53. The lowest BCUT2D eigenvalue weighted by molar-refractivity contribution is -0.148. The van der Waals surface area contributed by atoms with Crippen LogP contribution in [0.2, 0.25) is 0 Å². The highest BCUT2D eigenvalue weighted by molar-refractivity contribution is 5.74. The van der Waals surface area contributed by atoms with Gasteiger partial charge in [0.1, 0.15) is 0 Å². The van der Waals surface area contributed by atoms with Crippen molar-refractivity contribution >= 4 is 5.97 Å². The van der Waals surface area contributed by atoms with Crippen LogP contribution in [0.4, 0.5) is 0 Å². The molecule has 4 nitrogen and oxygen atoms in total. The van der Waals surface area contributed by atoms with Gasteiger partial charge in [-0.05, 0) is 13.3 Å². The van der Waals surface area contributed by atoms with Crippen molar-refractivity contribution in [3.8, 4) is 0 Å². The lowest BCUT2D eigenvalue weighted by Crippen LogP contribution is -2.36. The predicted molar refractivity (Wildman–Crippen MR) is 36.5 cm³/mol. The summed E-state index contributed by atoms with van der Waals surface area (Å²) in [4.78, 5) is 10.5. The van der Waals surface area contributed by atoms with Crippen molar-refractivity contribution < 1.29 is 15.0 Å². The molecule has 4 N–H and O–H groups in total. The van der Waals surface area contributed by atoms with Crippen LogP contribution in [0.15, 0.2) is 0 Å². The Morgan fingerprint density at radius 2 is 2.20 bits per heavy atom. The number of rotatable bonds is 4. The minimum absolute atomic E-state index is 0.0584. The smallest absolute Gasteiger partial charge is 0.310 e. The second-order valence-electron chi connectivity index (χ2n) is 2.54. The van der Waals surface area contributed by atoms with Crippen LogP contribution in [-0.2, 0) is 4.79 Å².